The summed E-state index contributed by atoms with van der Waals surface area (Å²) in [5.74, 6) is 0. The second-order valence-electron chi connectivity index (χ2n) is 1.60. The highest BCUT2D eigenvalue weighted by molar-refractivity contribution is 7.86. The second kappa shape index (κ2) is 3.14. The van der Waals surface area contributed by atoms with Crippen molar-refractivity contribution in [3.8, 4) is 0 Å². The lowest BCUT2D eigenvalue weighted by Crippen LogP contribution is -2.15. The first-order valence-electron chi connectivity index (χ1n) is 2.37. The smallest absolute Gasteiger partial charge is 0.266 e. The summed E-state index contributed by atoms with van der Waals surface area (Å²) < 4.78 is 29.5. The van der Waals surface area contributed by atoms with Crippen molar-refractivity contribution in [2.75, 3.05) is 13.4 Å². The van der Waals surface area contributed by atoms with E-state index < -0.39 is 16.4 Å². The van der Waals surface area contributed by atoms with E-state index in [2.05, 4.69) is 8.92 Å². The zero-order valence-corrected chi connectivity index (χ0v) is 6.44. The van der Waals surface area contributed by atoms with Gasteiger partial charge < -0.3 is 4.74 Å². The molecule has 0 rings (SSSR count). The number of ether oxygens (including phenoxy) is 1. The van der Waals surface area contributed by atoms with Crippen LogP contribution >= 0.6 is 0 Å². The van der Waals surface area contributed by atoms with Gasteiger partial charge in [0.2, 0.25) is 0 Å². The van der Waals surface area contributed by atoms with E-state index >= 15 is 0 Å². The van der Waals surface area contributed by atoms with Crippen LogP contribution in [0.2, 0.25) is 0 Å². The lowest BCUT2D eigenvalue weighted by atomic mass is 10.8. The fourth-order valence-electron chi connectivity index (χ4n) is 0.285. The van der Waals surface area contributed by atoms with Crippen LogP contribution in [0.15, 0.2) is 0 Å². The molecule has 0 heterocycles. The molecule has 0 amide bonds. The van der Waals surface area contributed by atoms with Crippen LogP contribution in [0.4, 0.5) is 0 Å². The zero-order chi connectivity index (χ0) is 7.49. The van der Waals surface area contributed by atoms with Crippen molar-refractivity contribution in [2.24, 2.45) is 0 Å². The normalized spacial score (nSPS) is 15.4. The number of hydrogen-bond acceptors (Lipinski definition) is 4. The van der Waals surface area contributed by atoms with Crippen molar-refractivity contribution in [1.82, 2.24) is 0 Å². The third-order valence-electron chi connectivity index (χ3n) is 0.642. The molecule has 5 heteroatoms. The molecule has 4 nitrogen and oxygen atoms in total. The predicted molar refractivity (Wildman–Crippen MR) is 32.4 cm³/mol. The van der Waals surface area contributed by atoms with Gasteiger partial charge in [-0.25, -0.2) is 4.18 Å². The molecule has 0 aliphatic rings. The van der Waals surface area contributed by atoms with Gasteiger partial charge in [0.15, 0.2) is 6.29 Å². The summed E-state index contributed by atoms with van der Waals surface area (Å²) in [4.78, 5) is 0. The quantitative estimate of drug-likeness (QED) is 0.422. The highest BCUT2D eigenvalue weighted by Gasteiger charge is 2.07. The average Bonchev–Trinajstić information content (AvgIpc) is 1.62. The molecule has 0 aromatic carbocycles. The van der Waals surface area contributed by atoms with Gasteiger partial charge in [-0.15, -0.1) is 0 Å². The van der Waals surface area contributed by atoms with E-state index in [-0.39, 0.29) is 0 Å². The minimum Gasteiger partial charge on any atom is -0.355 e. The summed E-state index contributed by atoms with van der Waals surface area (Å²) in [5, 5.41) is 0. The third-order valence-corrected chi connectivity index (χ3v) is 1.26. The molecular weight excluding hydrogens is 144 g/mol. The van der Waals surface area contributed by atoms with Gasteiger partial charge in [-0.2, -0.15) is 8.42 Å². The van der Waals surface area contributed by atoms with Gasteiger partial charge in [-0.1, -0.05) is 0 Å². The first-order chi connectivity index (χ1) is 3.95. The summed E-state index contributed by atoms with van der Waals surface area (Å²) in [6, 6.07) is 0. The van der Waals surface area contributed by atoms with Crippen molar-refractivity contribution >= 4 is 10.1 Å². The van der Waals surface area contributed by atoms with Crippen molar-refractivity contribution in [2.45, 2.75) is 13.2 Å². The minimum atomic E-state index is -3.36. The molecule has 56 valence electrons. The van der Waals surface area contributed by atoms with Gasteiger partial charge in [-0.05, 0) is 6.92 Å². The van der Waals surface area contributed by atoms with Gasteiger partial charge in [0.05, 0.1) is 6.26 Å². The Kier molecular flexibility index (Phi) is 3.10. The zero-order valence-electron chi connectivity index (χ0n) is 5.62. The Morgan fingerprint density at radius 2 is 1.89 bits per heavy atom. The molecule has 0 aliphatic heterocycles. The Bertz CT molecular complexity index is 159. The molecule has 0 saturated carbocycles. The summed E-state index contributed by atoms with van der Waals surface area (Å²) in [5.41, 5.74) is 0. The van der Waals surface area contributed by atoms with Crippen molar-refractivity contribution in [1.29, 1.82) is 0 Å². The summed E-state index contributed by atoms with van der Waals surface area (Å²) in [7, 11) is -1.99. The molecule has 0 aromatic rings. The molecule has 1 atom stereocenters. The number of rotatable bonds is 3. The second-order valence-corrected chi connectivity index (χ2v) is 3.20. The SMILES string of the molecule is COC(C)OS(C)(=O)=O. The molecule has 0 aliphatic carbocycles. The van der Waals surface area contributed by atoms with E-state index in [1.165, 1.54) is 14.0 Å². The van der Waals surface area contributed by atoms with E-state index in [0.29, 0.717) is 0 Å². The summed E-state index contributed by atoms with van der Waals surface area (Å²) >= 11 is 0. The van der Waals surface area contributed by atoms with Crippen molar-refractivity contribution < 1.29 is 17.3 Å². The van der Waals surface area contributed by atoms with E-state index in [1.807, 2.05) is 0 Å². The summed E-state index contributed by atoms with van der Waals surface area (Å²) in [6.07, 6.45) is 0.280. The van der Waals surface area contributed by atoms with Crippen LogP contribution in [0.25, 0.3) is 0 Å². The number of methoxy groups -OCH3 is 1. The largest absolute Gasteiger partial charge is 0.355 e. The van der Waals surface area contributed by atoms with Crippen LogP contribution in [-0.4, -0.2) is 28.1 Å². The van der Waals surface area contributed by atoms with Crippen LogP contribution in [0.3, 0.4) is 0 Å². The van der Waals surface area contributed by atoms with Crippen LogP contribution in [0.5, 0.6) is 0 Å². The maximum absolute atomic E-state index is 10.3. The molecule has 0 bridgehead atoms. The molecule has 0 radical (unpaired) electrons. The van der Waals surface area contributed by atoms with Gasteiger partial charge >= 0.3 is 0 Å². The van der Waals surface area contributed by atoms with E-state index in [4.69, 9.17) is 0 Å². The maximum Gasteiger partial charge on any atom is 0.266 e. The molecule has 0 aromatic heterocycles. The van der Waals surface area contributed by atoms with E-state index in [9.17, 15) is 8.42 Å². The lowest BCUT2D eigenvalue weighted by Gasteiger charge is -2.06. The topological polar surface area (TPSA) is 52.6 Å². The Labute approximate surface area is 54.9 Å². The standard InChI is InChI=1S/C4H10O4S/c1-4(7-2)8-9(3,5)6/h4H,1-3H3. The lowest BCUT2D eigenvalue weighted by molar-refractivity contribution is -0.0330. The summed E-state index contributed by atoms with van der Waals surface area (Å²) in [6.45, 7) is 1.50. The van der Waals surface area contributed by atoms with Crippen LogP contribution in [0.1, 0.15) is 6.92 Å². The Morgan fingerprint density at radius 1 is 1.44 bits per heavy atom. The molecule has 0 spiro atoms. The Hall–Kier alpha value is -0.130. The Morgan fingerprint density at radius 3 is 2.00 bits per heavy atom. The first kappa shape index (κ1) is 8.87. The average molecular weight is 154 g/mol. The molecule has 0 saturated heterocycles. The highest BCUT2D eigenvalue weighted by atomic mass is 32.2. The third kappa shape index (κ3) is 5.75. The van der Waals surface area contributed by atoms with E-state index in [0.717, 1.165) is 6.26 Å². The molecule has 0 fully saturated rings. The monoisotopic (exact) mass is 154 g/mol. The van der Waals surface area contributed by atoms with Gasteiger partial charge in [0.1, 0.15) is 0 Å². The molecule has 1 unspecified atom stereocenters. The molecule has 0 N–H and O–H groups in total. The van der Waals surface area contributed by atoms with Crippen molar-refractivity contribution in [3.63, 3.8) is 0 Å². The van der Waals surface area contributed by atoms with Crippen LogP contribution < -0.4 is 0 Å². The predicted octanol–water partition coefficient (Wildman–Crippen LogP) is -0.0450. The fraction of sp³-hybridized carbons (Fsp3) is 1.00. The van der Waals surface area contributed by atoms with E-state index in [1.54, 1.807) is 0 Å². The fourth-order valence-corrected chi connectivity index (χ4v) is 0.856. The van der Waals surface area contributed by atoms with Gasteiger partial charge in [0, 0.05) is 7.11 Å². The maximum atomic E-state index is 10.3. The minimum absolute atomic E-state index is 0.694. The van der Waals surface area contributed by atoms with Crippen molar-refractivity contribution in [3.05, 3.63) is 0 Å². The van der Waals surface area contributed by atoms with Crippen LogP contribution in [0, 0.1) is 0 Å². The highest BCUT2D eigenvalue weighted by Crippen LogP contribution is 1.95. The first-order valence-corrected chi connectivity index (χ1v) is 4.18. The molecular formula is C4H10O4S. The van der Waals surface area contributed by atoms with Gasteiger partial charge in [0.25, 0.3) is 10.1 Å². The molecule has 9 heavy (non-hydrogen) atoms. The van der Waals surface area contributed by atoms with Gasteiger partial charge in [-0.3, -0.25) is 0 Å². The number of hydrogen-bond donors (Lipinski definition) is 0. The van der Waals surface area contributed by atoms with Crippen LogP contribution in [-0.2, 0) is 19.0 Å². The Balaban J connectivity index is 3.75.